The summed E-state index contributed by atoms with van der Waals surface area (Å²) in [5, 5.41) is 6.68. The van der Waals surface area contributed by atoms with Gasteiger partial charge in [0, 0.05) is 25.0 Å². The molecule has 0 radical (unpaired) electrons. The monoisotopic (exact) mass is 430 g/mol. The van der Waals surface area contributed by atoms with Gasteiger partial charge in [-0.2, -0.15) is 0 Å². The van der Waals surface area contributed by atoms with E-state index < -0.39 is 0 Å². The van der Waals surface area contributed by atoms with Gasteiger partial charge in [0.15, 0.2) is 11.5 Å². The van der Waals surface area contributed by atoms with Crippen molar-refractivity contribution in [3.8, 4) is 0 Å². The minimum atomic E-state index is -0.350. The number of benzene rings is 1. The van der Waals surface area contributed by atoms with Crippen molar-refractivity contribution in [1.82, 2.24) is 20.4 Å². The topological polar surface area (TPSA) is 101 Å². The van der Waals surface area contributed by atoms with Crippen LogP contribution in [0.15, 0.2) is 82.2 Å². The number of aromatic nitrogens is 2. The summed E-state index contributed by atoms with van der Waals surface area (Å²) in [5.41, 5.74) is 2.73. The van der Waals surface area contributed by atoms with Crippen LogP contribution in [0.1, 0.15) is 43.5 Å². The lowest BCUT2D eigenvalue weighted by atomic mass is 10.1. The van der Waals surface area contributed by atoms with Gasteiger partial charge in [-0.05, 0) is 36.8 Å². The summed E-state index contributed by atoms with van der Waals surface area (Å²) < 4.78 is 10.7. The fourth-order valence-electron chi connectivity index (χ4n) is 3.12. The molecule has 1 N–H and O–H groups in total. The van der Waals surface area contributed by atoms with Crippen LogP contribution in [0.2, 0.25) is 0 Å². The second-order valence-electron chi connectivity index (χ2n) is 7.33. The first kappa shape index (κ1) is 21.0. The van der Waals surface area contributed by atoms with E-state index in [4.69, 9.17) is 8.94 Å². The number of pyridine rings is 1. The zero-order chi connectivity index (χ0) is 22.3. The van der Waals surface area contributed by atoms with Gasteiger partial charge in [-0.3, -0.25) is 14.6 Å². The van der Waals surface area contributed by atoms with Crippen molar-refractivity contribution in [3.63, 3.8) is 0 Å². The average Bonchev–Trinajstić information content (AvgIpc) is 3.50. The Bertz CT molecular complexity index is 1170. The molecule has 8 heteroatoms. The van der Waals surface area contributed by atoms with Crippen LogP contribution < -0.4 is 5.32 Å². The molecule has 0 spiro atoms. The zero-order valence-corrected chi connectivity index (χ0v) is 17.5. The molecule has 1 aromatic carbocycles. The van der Waals surface area contributed by atoms with E-state index in [9.17, 15) is 9.59 Å². The van der Waals surface area contributed by atoms with Gasteiger partial charge in [-0.15, -0.1) is 0 Å². The lowest BCUT2D eigenvalue weighted by Gasteiger charge is -2.20. The van der Waals surface area contributed by atoms with Crippen molar-refractivity contribution in [2.75, 3.05) is 0 Å². The minimum absolute atomic E-state index is 0.118. The summed E-state index contributed by atoms with van der Waals surface area (Å²) in [5.74, 6) is 0.417. The molecule has 32 heavy (non-hydrogen) atoms. The van der Waals surface area contributed by atoms with Crippen LogP contribution >= 0.6 is 0 Å². The first-order valence-corrected chi connectivity index (χ1v) is 10.1. The Morgan fingerprint density at radius 1 is 1.03 bits per heavy atom. The molecule has 0 fully saturated rings. The smallest absolute Gasteiger partial charge is 0.273 e. The van der Waals surface area contributed by atoms with Gasteiger partial charge in [0.1, 0.15) is 5.76 Å². The van der Waals surface area contributed by atoms with Crippen LogP contribution in [-0.2, 0) is 19.6 Å². The summed E-state index contributed by atoms with van der Waals surface area (Å²) in [7, 11) is 0. The van der Waals surface area contributed by atoms with Gasteiger partial charge in [-0.25, -0.2) is 0 Å². The Balaban J connectivity index is 1.44. The maximum absolute atomic E-state index is 13.0. The van der Waals surface area contributed by atoms with E-state index in [0.717, 1.165) is 11.1 Å². The minimum Gasteiger partial charge on any atom is -0.467 e. The third-order valence-electron chi connectivity index (χ3n) is 4.83. The van der Waals surface area contributed by atoms with Crippen LogP contribution in [0.4, 0.5) is 0 Å². The Kier molecular flexibility index (Phi) is 6.41. The Labute approximate surface area is 184 Å². The second-order valence-corrected chi connectivity index (χ2v) is 7.33. The van der Waals surface area contributed by atoms with Crippen LogP contribution in [-0.4, -0.2) is 26.9 Å². The van der Waals surface area contributed by atoms with E-state index in [0.29, 0.717) is 23.6 Å². The molecule has 0 aliphatic rings. The highest BCUT2D eigenvalue weighted by Gasteiger charge is 2.21. The number of carbonyl (C=O) groups is 2. The number of rotatable bonds is 8. The van der Waals surface area contributed by atoms with E-state index in [1.807, 2.05) is 31.2 Å². The maximum Gasteiger partial charge on any atom is 0.273 e. The van der Waals surface area contributed by atoms with Crippen LogP contribution in [0, 0.1) is 6.92 Å². The highest BCUT2D eigenvalue weighted by Crippen LogP contribution is 2.15. The van der Waals surface area contributed by atoms with Crippen LogP contribution in [0.25, 0.3) is 0 Å². The third kappa shape index (κ3) is 5.28. The average molecular weight is 430 g/mol. The van der Waals surface area contributed by atoms with Crippen molar-refractivity contribution in [1.29, 1.82) is 0 Å². The lowest BCUT2D eigenvalue weighted by molar-refractivity contribution is 0.0699. The maximum atomic E-state index is 13.0. The van der Waals surface area contributed by atoms with Gasteiger partial charge in [-0.1, -0.05) is 35.0 Å². The number of furan rings is 1. The summed E-state index contributed by atoms with van der Waals surface area (Å²) in [4.78, 5) is 31.0. The number of aryl methyl sites for hydroxylation is 1. The van der Waals surface area contributed by atoms with Crippen LogP contribution in [0.3, 0.4) is 0 Å². The second kappa shape index (κ2) is 9.74. The Morgan fingerprint density at radius 2 is 1.84 bits per heavy atom. The predicted octanol–water partition coefficient (Wildman–Crippen LogP) is 3.74. The van der Waals surface area contributed by atoms with E-state index in [2.05, 4.69) is 15.5 Å². The molecule has 0 bridgehead atoms. The first-order valence-electron chi connectivity index (χ1n) is 10.1. The molecular weight excluding hydrogens is 408 g/mol. The molecule has 2 amide bonds. The largest absolute Gasteiger partial charge is 0.467 e. The molecule has 3 heterocycles. The normalized spacial score (nSPS) is 10.7. The summed E-state index contributed by atoms with van der Waals surface area (Å²) in [6.07, 6.45) is 4.65. The summed E-state index contributed by atoms with van der Waals surface area (Å²) >= 11 is 0. The number of hydrogen-bond donors (Lipinski definition) is 1. The molecular formula is C24H22N4O4. The van der Waals surface area contributed by atoms with Crippen molar-refractivity contribution in [2.24, 2.45) is 0 Å². The summed E-state index contributed by atoms with van der Waals surface area (Å²) in [6.45, 7) is 2.74. The van der Waals surface area contributed by atoms with E-state index in [-0.39, 0.29) is 30.6 Å². The number of nitrogens with one attached hydrogen (secondary N) is 1. The van der Waals surface area contributed by atoms with Crippen molar-refractivity contribution < 1.29 is 18.5 Å². The van der Waals surface area contributed by atoms with Gasteiger partial charge >= 0.3 is 0 Å². The number of hydrogen-bond acceptors (Lipinski definition) is 6. The van der Waals surface area contributed by atoms with E-state index in [1.54, 1.807) is 41.6 Å². The van der Waals surface area contributed by atoms with Crippen molar-refractivity contribution in [3.05, 3.63) is 107 Å². The number of amides is 2. The molecule has 4 aromatic rings. The highest BCUT2D eigenvalue weighted by molar-refractivity contribution is 5.94. The SMILES string of the molecule is Cc1ccc(CNC(=O)c2cc(CN(Cc3ccco3)C(=O)c3cccnc3)on2)cc1. The molecule has 162 valence electrons. The fraction of sp³-hybridized carbons (Fsp3) is 0.167. The molecule has 0 unspecified atom stereocenters. The fourth-order valence-corrected chi connectivity index (χ4v) is 3.12. The Hall–Kier alpha value is -4.20. The van der Waals surface area contributed by atoms with Gasteiger partial charge < -0.3 is 19.2 Å². The standard InChI is InChI=1S/C24H22N4O4/c1-17-6-8-18(9-7-17)13-26-23(29)22-12-21(32-27-22)16-28(15-20-5-3-11-31-20)24(30)19-4-2-10-25-14-19/h2-12,14H,13,15-16H2,1H3,(H,26,29). The van der Waals surface area contributed by atoms with E-state index in [1.165, 1.54) is 12.3 Å². The van der Waals surface area contributed by atoms with Crippen molar-refractivity contribution >= 4 is 11.8 Å². The van der Waals surface area contributed by atoms with E-state index >= 15 is 0 Å². The first-order chi connectivity index (χ1) is 15.6. The zero-order valence-electron chi connectivity index (χ0n) is 17.5. The van der Waals surface area contributed by atoms with Gasteiger partial charge in [0.25, 0.3) is 11.8 Å². The summed E-state index contributed by atoms with van der Waals surface area (Å²) in [6, 6.07) is 16.4. The number of nitrogens with zero attached hydrogens (tertiary/aromatic N) is 3. The molecule has 0 aliphatic heterocycles. The molecule has 8 nitrogen and oxygen atoms in total. The lowest BCUT2D eigenvalue weighted by Crippen LogP contribution is -2.30. The molecule has 0 aliphatic carbocycles. The molecule has 0 atom stereocenters. The highest BCUT2D eigenvalue weighted by atomic mass is 16.5. The predicted molar refractivity (Wildman–Crippen MR) is 115 cm³/mol. The quantitative estimate of drug-likeness (QED) is 0.457. The molecule has 0 saturated carbocycles. The molecule has 0 saturated heterocycles. The third-order valence-corrected chi connectivity index (χ3v) is 4.83. The van der Waals surface area contributed by atoms with Gasteiger partial charge in [0.2, 0.25) is 0 Å². The molecule has 4 rings (SSSR count). The number of carbonyl (C=O) groups excluding carboxylic acids is 2. The Morgan fingerprint density at radius 3 is 2.56 bits per heavy atom. The molecule has 3 aromatic heterocycles. The van der Waals surface area contributed by atoms with Crippen molar-refractivity contribution in [2.45, 2.75) is 26.6 Å². The van der Waals surface area contributed by atoms with Gasteiger partial charge in [0.05, 0.1) is 24.9 Å². The van der Waals surface area contributed by atoms with Crippen LogP contribution in [0.5, 0.6) is 0 Å².